The lowest BCUT2D eigenvalue weighted by Gasteiger charge is -2.23. The van der Waals surface area contributed by atoms with Crippen molar-refractivity contribution < 1.29 is 14.3 Å². The molecule has 4 rings (SSSR count). The van der Waals surface area contributed by atoms with Gasteiger partial charge >= 0.3 is 0 Å². The molecule has 1 saturated heterocycles. The first-order valence-electron chi connectivity index (χ1n) is 9.27. The van der Waals surface area contributed by atoms with E-state index in [-0.39, 0.29) is 12.0 Å². The molecule has 1 fully saturated rings. The van der Waals surface area contributed by atoms with Gasteiger partial charge in [0.15, 0.2) is 0 Å². The fourth-order valence-corrected chi connectivity index (χ4v) is 3.09. The number of anilines is 1. The Balaban J connectivity index is 1.65. The van der Waals surface area contributed by atoms with Crippen LogP contribution in [-0.2, 0) is 11.3 Å². The van der Waals surface area contributed by atoms with Crippen molar-refractivity contribution in [2.45, 2.75) is 19.1 Å². The molecule has 0 spiro atoms. The smallest absolute Gasteiger partial charge is 0.265 e. The fourth-order valence-electron chi connectivity index (χ4n) is 3.09. The van der Waals surface area contributed by atoms with Crippen molar-refractivity contribution in [3.8, 4) is 5.88 Å². The van der Waals surface area contributed by atoms with E-state index in [0.717, 1.165) is 12.0 Å². The first-order valence-corrected chi connectivity index (χ1v) is 9.27. The molecule has 28 heavy (non-hydrogen) atoms. The highest BCUT2D eigenvalue weighted by atomic mass is 16.5. The van der Waals surface area contributed by atoms with Crippen molar-refractivity contribution in [3.63, 3.8) is 0 Å². The summed E-state index contributed by atoms with van der Waals surface area (Å²) in [5.41, 5.74) is 1.42. The van der Waals surface area contributed by atoms with Crippen LogP contribution in [0.15, 0.2) is 73.1 Å². The Morgan fingerprint density at radius 1 is 1.04 bits per heavy atom. The minimum Gasteiger partial charge on any atom is -0.471 e. The third-order valence-corrected chi connectivity index (χ3v) is 4.52. The van der Waals surface area contributed by atoms with E-state index in [0.29, 0.717) is 37.0 Å². The van der Waals surface area contributed by atoms with E-state index in [2.05, 4.69) is 9.97 Å². The topological polar surface area (TPSA) is 64.6 Å². The van der Waals surface area contributed by atoms with Crippen LogP contribution in [0.25, 0.3) is 0 Å². The minimum absolute atomic E-state index is 0.0844. The molecular formula is C22H21N3O3. The molecule has 1 atom stereocenters. The number of nitrogens with zero attached hydrogens (tertiary/aromatic N) is 3. The maximum atomic E-state index is 13.5. The highest BCUT2D eigenvalue weighted by Gasteiger charge is 2.26. The van der Waals surface area contributed by atoms with Crippen LogP contribution in [0.1, 0.15) is 22.3 Å². The number of carbonyl (C=O) groups excluding carboxylic acids is 1. The highest BCUT2D eigenvalue weighted by Crippen LogP contribution is 2.24. The Morgan fingerprint density at radius 2 is 1.86 bits per heavy atom. The van der Waals surface area contributed by atoms with Gasteiger partial charge in [0.2, 0.25) is 5.88 Å². The Bertz CT molecular complexity index is 913. The maximum Gasteiger partial charge on any atom is 0.265 e. The summed E-state index contributed by atoms with van der Waals surface area (Å²) in [5, 5.41) is 0. The van der Waals surface area contributed by atoms with Gasteiger partial charge in [-0.25, -0.2) is 9.97 Å². The van der Waals surface area contributed by atoms with E-state index >= 15 is 0 Å². The third kappa shape index (κ3) is 4.18. The van der Waals surface area contributed by atoms with Crippen molar-refractivity contribution in [3.05, 3.63) is 84.2 Å². The highest BCUT2D eigenvalue weighted by molar-refractivity contribution is 6.07. The van der Waals surface area contributed by atoms with Gasteiger partial charge in [0.1, 0.15) is 17.5 Å². The molecule has 0 bridgehead atoms. The van der Waals surface area contributed by atoms with E-state index in [1.54, 1.807) is 29.4 Å². The Morgan fingerprint density at radius 3 is 2.61 bits per heavy atom. The van der Waals surface area contributed by atoms with Crippen molar-refractivity contribution in [2.24, 2.45) is 0 Å². The van der Waals surface area contributed by atoms with Gasteiger partial charge in [-0.15, -0.1) is 0 Å². The molecule has 0 unspecified atom stereocenters. The summed E-state index contributed by atoms with van der Waals surface area (Å²) >= 11 is 0. The molecule has 142 valence electrons. The lowest BCUT2D eigenvalue weighted by Crippen LogP contribution is -2.32. The number of amides is 1. The lowest BCUT2D eigenvalue weighted by atomic mass is 10.1. The van der Waals surface area contributed by atoms with Crippen molar-refractivity contribution >= 4 is 11.7 Å². The summed E-state index contributed by atoms with van der Waals surface area (Å²) in [5.74, 6) is 0.705. The maximum absolute atomic E-state index is 13.5. The van der Waals surface area contributed by atoms with Gasteiger partial charge < -0.3 is 9.47 Å². The number of hydrogen-bond donors (Lipinski definition) is 0. The second-order valence-corrected chi connectivity index (χ2v) is 6.52. The molecule has 0 aliphatic carbocycles. The largest absolute Gasteiger partial charge is 0.471 e. The fraction of sp³-hybridized carbons (Fsp3) is 0.227. The zero-order chi connectivity index (χ0) is 19.2. The van der Waals surface area contributed by atoms with Crippen LogP contribution in [0.5, 0.6) is 5.88 Å². The quantitative estimate of drug-likeness (QED) is 0.660. The van der Waals surface area contributed by atoms with Crippen LogP contribution in [0.4, 0.5) is 5.82 Å². The lowest BCUT2D eigenvalue weighted by molar-refractivity contribution is 0.0970. The third-order valence-electron chi connectivity index (χ3n) is 4.52. The predicted molar refractivity (Wildman–Crippen MR) is 105 cm³/mol. The molecular weight excluding hydrogens is 354 g/mol. The van der Waals surface area contributed by atoms with Crippen LogP contribution in [0.3, 0.4) is 0 Å². The number of hydrogen-bond acceptors (Lipinski definition) is 5. The van der Waals surface area contributed by atoms with Gasteiger partial charge in [0.25, 0.3) is 5.91 Å². The van der Waals surface area contributed by atoms with E-state index in [1.807, 2.05) is 48.5 Å². The second kappa shape index (κ2) is 8.63. The van der Waals surface area contributed by atoms with Crippen LogP contribution in [-0.4, -0.2) is 35.2 Å². The minimum atomic E-state index is -0.204. The summed E-state index contributed by atoms with van der Waals surface area (Å²) in [7, 11) is 0. The Kier molecular flexibility index (Phi) is 5.58. The molecule has 6 heteroatoms. The van der Waals surface area contributed by atoms with Gasteiger partial charge in [-0.05, 0) is 29.8 Å². The number of aromatic nitrogens is 2. The zero-order valence-electron chi connectivity index (χ0n) is 15.4. The summed E-state index contributed by atoms with van der Waals surface area (Å²) in [6, 6.07) is 18.8. The summed E-state index contributed by atoms with van der Waals surface area (Å²) < 4.78 is 11.3. The molecule has 1 aliphatic heterocycles. The number of ether oxygens (including phenoxy) is 2. The van der Waals surface area contributed by atoms with Crippen LogP contribution >= 0.6 is 0 Å². The van der Waals surface area contributed by atoms with Crippen molar-refractivity contribution in [1.82, 2.24) is 9.97 Å². The van der Waals surface area contributed by atoms with Crippen LogP contribution < -0.4 is 9.64 Å². The zero-order valence-corrected chi connectivity index (χ0v) is 15.4. The molecule has 2 aromatic heterocycles. The first kappa shape index (κ1) is 18.1. The molecule has 1 amide bonds. The van der Waals surface area contributed by atoms with E-state index in [1.165, 1.54) is 0 Å². The molecule has 0 N–H and O–H groups in total. The monoisotopic (exact) mass is 375 g/mol. The van der Waals surface area contributed by atoms with Crippen LogP contribution in [0, 0.1) is 0 Å². The van der Waals surface area contributed by atoms with Gasteiger partial charge in [-0.1, -0.05) is 36.4 Å². The predicted octanol–water partition coefficient (Wildman–Crippen LogP) is 3.49. The summed E-state index contributed by atoms with van der Waals surface area (Å²) in [4.78, 5) is 23.8. The first-order chi connectivity index (χ1) is 13.8. The SMILES string of the molecule is O=C(c1cccnc1O[C@@H]1CCOC1)N(Cc1ccccc1)c1ccccn1. The normalized spacial score (nSPS) is 15.9. The number of pyridine rings is 2. The molecule has 3 heterocycles. The van der Waals surface area contributed by atoms with Crippen LogP contribution in [0.2, 0.25) is 0 Å². The van der Waals surface area contributed by atoms with E-state index < -0.39 is 0 Å². The van der Waals surface area contributed by atoms with Crippen molar-refractivity contribution in [1.29, 1.82) is 0 Å². The molecule has 1 aromatic carbocycles. The van der Waals surface area contributed by atoms with Gasteiger partial charge in [-0.3, -0.25) is 9.69 Å². The van der Waals surface area contributed by atoms with Gasteiger partial charge in [0, 0.05) is 18.8 Å². The number of rotatable bonds is 6. The Labute approximate surface area is 163 Å². The molecule has 3 aromatic rings. The number of benzene rings is 1. The summed E-state index contributed by atoms with van der Waals surface area (Å²) in [6.07, 6.45) is 4.01. The summed E-state index contributed by atoms with van der Waals surface area (Å²) in [6.45, 7) is 1.57. The average Bonchev–Trinajstić information content (AvgIpc) is 3.26. The number of carbonyl (C=O) groups is 1. The van der Waals surface area contributed by atoms with E-state index in [9.17, 15) is 4.79 Å². The molecule has 0 saturated carbocycles. The second-order valence-electron chi connectivity index (χ2n) is 6.52. The van der Waals surface area contributed by atoms with Crippen molar-refractivity contribution in [2.75, 3.05) is 18.1 Å². The standard InChI is InChI=1S/C22H21N3O3/c26-22(19-9-6-13-24-21(19)28-18-11-14-27-16-18)25(20-10-4-5-12-23-20)15-17-7-2-1-3-8-17/h1-10,12-13,18H,11,14-16H2/t18-/m1/s1. The molecule has 1 aliphatic rings. The van der Waals surface area contributed by atoms with E-state index in [4.69, 9.17) is 9.47 Å². The Hall–Kier alpha value is -3.25. The molecule has 6 nitrogen and oxygen atoms in total. The van der Waals surface area contributed by atoms with Gasteiger partial charge in [-0.2, -0.15) is 0 Å². The van der Waals surface area contributed by atoms with Gasteiger partial charge in [0.05, 0.1) is 19.8 Å². The average molecular weight is 375 g/mol. The molecule has 0 radical (unpaired) electrons.